The molecule has 0 bridgehead atoms. The van der Waals surface area contributed by atoms with Crippen LogP contribution in [0.5, 0.6) is 11.6 Å². The topological polar surface area (TPSA) is 55.3 Å². The number of fused-ring (bicyclic) bond motifs is 1. The third-order valence-electron chi connectivity index (χ3n) is 5.42. The van der Waals surface area contributed by atoms with Gasteiger partial charge in [-0.3, -0.25) is 9.78 Å². The summed E-state index contributed by atoms with van der Waals surface area (Å²) >= 11 is 0. The van der Waals surface area contributed by atoms with E-state index in [1.54, 1.807) is 24.7 Å². The van der Waals surface area contributed by atoms with Gasteiger partial charge in [0.25, 0.3) is 5.91 Å². The van der Waals surface area contributed by atoms with Crippen LogP contribution < -0.4 is 4.74 Å². The number of ether oxygens (including phenoxy) is 1. The van der Waals surface area contributed by atoms with E-state index in [9.17, 15) is 4.79 Å². The molecule has 1 saturated heterocycles. The SMILES string of the molecule is C[C@@H]1C[C@H]2CCCC[C@H]2N1C(=O)c1cccc(Oc2cnccn2)c1. The largest absolute Gasteiger partial charge is 0.437 e. The van der Waals surface area contributed by atoms with E-state index in [1.807, 2.05) is 18.2 Å². The molecule has 1 aliphatic heterocycles. The van der Waals surface area contributed by atoms with Crippen LogP contribution in [-0.2, 0) is 0 Å². The maximum atomic E-state index is 13.2. The van der Waals surface area contributed by atoms with Crippen LogP contribution in [-0.4, -0.2) is 32.9 Å². The summed E-state index contributed by atoms with van der Waals surface area (Å²) in [6.45, 7) is 2.18. The number of hydrogen-bond acceptors (Lipinski definition) is 4. The van der Waals surface area contributed by atoms with Gasteiger partial charge in [-0.2, -0.15) is 0 Å². The average molecular weight is 337 g/mol. The number of amides is 1. The van der Waals surface area contributed by atoms with Gasteiger partial charge in [-0.1, -0.05) is 18.9 Å². The van der Waals surface area contributed by atoms with Gasteiger partial charge < -0.3 is 9.64 Å². The predicted molar refractivity (Wildman–Crippen MR) is 94.5 cm³/mol. The molecule has 2 aliphatic rings. The van der Waals surface area contributed by atoms with Crippen LogP contribution in [0.2, 0.25) is 0 Å². The summed E-state index contributed by atoms with van der Waals surface area (Å²) in [6, 6.07) is 8.08. The summed E-state index contributed by atoms with van der Waals surface area (Å²) in [5.74, 6) is 1.82. The highest BCUT2D eigenvalue weighted by molar-refractivity contribution is 5.95. The maximum Gasteiger partial charge on any atom is 0.254 e. The second kappa shape index (κ2) is 6.82. The molecule has 5 heteroatoms. The van der Waals surface area contributed by atoms with Crippen LogP contribution in [0.25, 0.3) is 0 Å². The number of hydrogen-bond donors (Lipinski definition) is 0. The van der Waals surface area contributed by atoms with Crippen molar-refractivity contribution in [2.75, 3.05) is 0 Å². The lowest BCUT2D eigenvalue weighted by Crippen LogP contribution is -2.42. The minimum absolute atomic E-state index is 0.117. The quantitative estimate of drug-likeness (QED) is 0.847. The Balaban J connectivity index is 1.55. The van der Waals surface area contributed by atoms with Crippen LogP contribution >= 0.6 is 0 Å². The Labute approximate surface area is 148 Å². The van der Waals surface area contributed by atoms with Gasteiger partial charge in [0.1, 0.15) is 5.75 Å². The Kier molecular flexibility index (Phi) is 4.38. The monoisotopic (exact) mass is 337 g/mol. The van der Waals surface area contributed by atoms with Crippen molar-refractivity contribution in [3.05, 3.63) is 48.4 Å². The van der Waals surface area contributed by atoms with E-state index in [1.165, 1.54) is 19.3 Å². The molecule has 1 aliphatic carbocycles. The van der Waals surface area contributed by atoms with Crippen LogP contribution in [0.3, 0.4) is 0 Å². The number of likely N-dealkylation sites (tertiary alicyclic amines) is 1. The van der Waals surface area contributed by atoms with Gasteiger partial charge >= 0.3 is 0 Å². The zero-order chi connectivity index (χ0) is 17.2. The Morgan fingerprint density at radius 1 is 1.24 bits per heavy atom. The molecular formula is C20H23N3O2. The highest BCUT2D eigenvalue weighted by atomic mass is 16.5. The highest BCUT2D eigenvalue weighted by Crippen LogP contribution is 2.40. The summed E-state index contributed by atoms with van der Waals surface area (Å²) in [5, 5.41) is 0. The van der Waals surface area contributed by atoms with Gasteiger partial charge in [-0.15, -0.1) is 0 Å². The number of carbonyl (C=O) groups is 1. The molecular weight excluding hydrogens is 314 g/mol. The van der Waals surface area contributed by atoms with Crippen LogP contribution in [0, 0.1) is 5.92 Å². The van der Waals surface area contributed by atoms with Crippen molar-refractivity contribution in [2.45, 2.75) is 51.1 Å². The predicted octanol–water partition coefficient (Wildman–Crippen LogP) is 4.06. The molecule has 1 amide bonds. The summed E-state index contributed by atoms with van der Waals surface area (Å²) < 4.78 is 5.72. The minimum atomic E-state index is 0.117. The summed E-state index contributed by atoms with van der Waals surface area (Å²) in [6.07, 6.45) is 10.8. The van der Waals surface area contributed by atoms with Gasteiger partial charge in [0.2, 0.25) is 5.88 Å². The van der Waals surface area contributed by atoms with E-state index in [0.717, 1.165) is 12.8 Å². The van der Waals surface area contributed by atoms with Crippen molar-refractivity contribution >= 4 is 5.91 Å². The first kappa shape index (κ1) is 16.1. The Morgan fingerprint density at radius 2 is 2.12 bits per heavy atom. The molecule has 0 N–H and O–H groups in total. The van der Waals surface area contributed by atoms with Crippen molar-refractivity contribution in [1.29, 1.82) is 0 Å². The second-order valence-corrected chi connectivity index (χ2v) is 7.08. The molecule has 1 saturated carbocycles. The number of benzene rings is 1. The van der Waals surface area contributed by atoms with Crippen LogP contribution in [0.1, 0.15) is 49.4 Å². The van der Waals surface area contributed by atoms with Crippen LogP contribution in [0.15, 0.2) is 42.9 Å². The van der Waals surface area contributed by atoms with Gasteiger partial charge in [0.15, 0.2) is 0 Å². The molecule has 1 aromatic carbocycles. The fourth-order valence-electron chi connectivity index (χ4n) is 4.36. The normalized spacial score (nSPS) is 25.5. The number of nitrogens with zero attached hydrogens (tertiary/aromatic N) is 3. The van der Waals surface area contributed by atoms with E-state index < -0.39 is 0 Å². The summed E-state index contributed by atoms with van der Waals surface area (Å²) in [5.41, 5.74) is 0.680. The van der Waals surface area contributed by atoms with E-state index in [4.69, 9.17) is 4.74 Å². The van der Waals surface area contributed by atoms with Crippen molar-refractivity contribution < 1.29 is 9.53 Å². The molecule has 2 fully saturated rings. The van der Waals surface area contributed by atoms with Gasteiger partial charge in [0, 0.05) is 30.0 Å². The molecule has 130 valence electrons. The molecule has 0 spiro atoms. The lowest BCUT2D eigenvalue weighted by molar-refractivity contribution is 0.0633. The van der Waals surface area contributed by atoms with Crippen molar-refractivity contribution in [3.8, 4) is 11.6 Å². The Morgan fingerprint density at radius 3 is 2.96 bits per heavy atom. The Hall–Kier alpha value is -2.43. The molecule has 3 atom stereocenters. The minimum Gasteiger partial charge on any atom is -0.437 e. The third kappa shape index (κ3) is 3.23. The molecule has 25 heavy (non-hydrogen) atoms. The van der Waals surface area contributed by atoms with Crippen molar-refractivity contribution in [1.82, 2.24) is 14.9 Å². The number of aromatic nitrogens is 2. The smallest absolute Gasteiger partial charge is 0.254 e. The fraction of sp³-hybridized carbons (Fsp3) is 0.450. The first-order chi connectivity index (χ1) is 12.2. The zero-order valence-corrected chi connectivity index (χ0v) is 14.5. The number of carbonyl (C=O) groups excluding carboxylic acids is 1. The lowest BCUT2D eigenvalue weighted by Gasteiger charge is -2.33. The number of rotatable bonds is 3. The molecule has 5 nitrogen and oxygen atoms in total. The molecule has 2 aromatic rings. The standard InChI is InChI=1S/C20H23N3O2/c1-14-11-15-5-2-3-8-18(15)23(14)20(24)16-6-4-7-17(12-16)25-19-13-21-9-10-22-19/h4,6-7,9-10,12-15,18H,2-3,5,8,11H2,1H3/t14-,15-,18-/m1/s1. The highest BCUT2D eigenvalue weighted by Gasteiger charge is 2.42. The molecule has 0 radical (unpaired) electrons. The van der Waals surface area contributed by atoms with Gasteiger partial charge in [-0.25, -0.2) is 4.98 Å². The third-order valence-corrected chi connectivity index (χ3v) is 5.42. The van der Waals surface area contributed by atoms with Gasteiger partial charge in [-0.05, 0) is 50.3 Å². The van der Waals surface area contributed by atoms with Crippen LogP contribution in [0.4, 0.5) is 0 Å². The molecule has 2 heterocycles. The van der Waals surface area contributed by atoms with E-state index in [2.05, 4.69) is 21.8 Å². The maximum absolute atomic E-state index is 13.2. The molecule has 1 aromatic heterocycles. The van der Waals surface area contributed by atoms with E-state index >= 15 is 0 Å². The van der Waals surface area contributed by atoms with Crippen molar-refractivity contribution in [2.24, 2.45) is 5.92 Å². The summed E-state index contributed by atoms with van der Waals surface area (Å²) in [4.78, 5) is 23.4. The first-order valence-corrected chi connectivity index (χ1v) is 9.09. The lowest BCUT2D eigenvalue weighted by atomic mass is 9.85. The molecule has 4 rings (SSSR count). The van der Waals surface area contributed by atoms with Gasteiger partial charge in [0.05, 0.1) is 6.20 Å². The molecule has 0 unspecified atom stereocenters. The first-order valence-electron chi connectivity index (χ1n) is 9.09. The fourth-order valence-corrected chi connectivity index (χ4v) is 4.36. The van der Waals surface area contributed by atoms with E-state index in [-0.39, 0.29) is 5.91 Å². The zero-order valence-electron chi connectivity index (χ0n) is 14.5. The van der Waals surface area contributed by atoms with Crippen molar-refractivity contribution in [3.63, 3.8) is 0 Å². The average Bonchev–Trinajstić information content (AvgIpc) is 2.98. The van der Waals surface area contributed by atoms with E-state index in [0.29, 0.717) is 35.2 Å². The summed E-state index contributed by atoms with van der Waals surface area (Å²) in [7, 11) is 0. The Bertz CT molecular complexity index is 750. The second-order valence-electron chi connectivity index (χ2n) is 7.08.